The van der Waals surface area contributed by atoms with Crippen LogP contribution in [-0.4, -0.2) is 53.2 Å². The Morgan fingerprint density at radius 3 is 2.40 bits per heavy atom. The molecular weight excluding hydrogens is 278 g/mol. The van der Waals surface area contributed by atoms with Crippen molar-refractivity contribution in [2.75, 3.05) is 29.5 Å². The van der Waals surface area contributed by atoms with Crippen molar-refractivity contribution in [2.24, 2.45) is 0 Å². The van der Waals surface area contributed by atoms with Crippen LogP contribution in [-0.2, 0) is 9.84 Å². The molecule has 1 aliphatic rings. The lowest BCUT2D eigenvalue weighted by Gasteiger charge is -2.26. The highest BCUT2D eigenvalue weighted by Crippen LogP contribution is 2.18. The Balaban J connectivity index is 1.89. The van der Waals surface area contributed by atoms with E-state index in [1.54, 1.807) is 4.68 Å². The molecule has 7 nitrogen and oxygen atoms in total. The summed E-state index contributed by atoms with van der Waals surface area (Å²) >= 11 is 0. The summed E-state index contributed by atoms with van der Waals surface area (Å²) in [4.78, 5) is 1.90. The fourth-order valence-electron chi connectivity index (χ4n) is 2.15. The molecule has 0 radical (unpaired) electrons. The molecular formula is C12H15N5O2S. The summed E-state index contributed by atoms with van der Waals surface area (Å²) < 4.78 is 24.6. The van der Waals surface area contributed by atoms with E-state index in [4.69, 9.17) is 0 Å². The standard InChI is InChI=1S/C12H15N5O2S/c1-10-2-4-11(5-3-10)17-12(13-14-15-17)16-6-8-20(18,19)9-7-16/h2-5H,6-9H2,1H3. The Morgan fingerprint density at radius 1 is 1.10 bits per heavy atom. The predicted octanol–water partition coefficient (Wildman–Crippen LogP) is 0.206. The molecule has 0 atom stereocenters. The largest absolute Gasteiger partial charge is 0.337 e. The van der Waals surface area contributed by atoms with E-state index in [1.807, 2.05) is 36.1 Å². The van der Waals surface area contributed by atoms with Gasteiger partial charge in [-0.3, -0.25) is 0 Å². The van der Waals surface area contributed by atoms with E-state index in [9.17, 15) is 8.42 Å². The van der Waals surface area contributed by atoms with Gasteiger partial charge in [-0.25, -0.2) is 8.42 Å². The van der Waals surface area contributed by atoms with Crippen LogP contribution in [0, 0.1) is 6.92 Å². The summed E-state index contributed by atoms with van der Waals surface area (Å²) in [6, 6.07) is 7.86. The second kappa shape index (κ2) is 4.86. The number of nitrogens with zero attached hydrogens (tertiary/aromatic N) is 5. The molecule has 106 valence electrons. The molecule has 0 unspecified atom stereocenters. The minimum absolute atomic E-state index is 0.147. The maximum absolute atomic E-state index is 11.5. The number of hydrogen-bond acceptors (Lipinski definition) is 6. The third-order valence-corrected chi connectivity index (χ3v) is 4.97. The van der Waals surface area contributed by atoms with Gasteiger partial charge < -0.3 is 4.90 Å². The number of aryl methyl sites for hydroxylation is 1. The fourth-order valence-corrected chi connectivity index (χ4v) is 3.35. The average molecular weight is 293 g/mol. The van der Waals surface area contributed by atoms with Gasteiger partial charge in [0.2, 0.25) is 5.95 Å². The highest BCUT2D eigenvalue weighted by Gasteiger charge is 2.25. The Labute approximate surface area is 117 Å². The van der Waals surface area contributed by atoms with Crippen molar-refractivity contribution >= 4 is 15.8 Å². The lowest BCUT2D eigenvalue weighted by atomic mass is 10.2. The fraction of sp³-hybridized carbons (Fsp3) is 0.417. The van der Waals surface area contributed by atoms with Gasteiger partial charge in [-0.1, -0.05) is 22.8 Å². The molecule has 0 spiro atoms. The number of hydrogen-bond donors (Lipinski definition) is 0. The summed E-state index contributed by atoms with van der Waals surface area (Å²) in [5, 5.41) is 11.7. The van der Waals surface area contributed by atoms with Crippen LogP contribution in [0.15, 0.2) is 24.3 Å². The molecule has 1 aromatic heterocycles. The maximum Gasteiger partial charge on any atom is 0.250 e. The lowest BCUT2D eigenvalue weighted by molar-refractivity contribution is 0.585. The zero-order valence-electron chi connectivity index (χ0n) is 11.1. The normalized spacial score (nSPS) is 18.1. The van der Waals surface area contributed by atoms with Gasteiger partial charge in [0.1, 0.15) is 0 Å². The van der Waals surface area contributed by atoms with E-state index in [2.05, 4.69) is 15.5 Å². The Morgan fingerprint density at radius 2 is 1.75 bits per heavy atom. The molecule has 0 saturated carbocycles. The zero-order chi connectivity index (χ0) is 14.2. The molecule has 2 aromatic rings. The van der Waals surface area contributed by atoms with Gasteiger partial charge in [0, 0.05) is 13.1 Å². The van der Waals surface area contributed by atoms with Crippen molar-refractivity contribution in [3.05, 3.63) is 29.8 Å². The minimum atomic E-state index is -2.91. The number of anilines is 1. The van der Waals surface area contributed by atoms with Gasteiger partial charge in [-0.2, -0.15) is 4.68 Å². The van der Waals surface area contributed by atoms with E-state index < -0.39 is 9.84 Å². The summed E-state index contributed by atoms with van der Waals surface area (Å²) in [6.07, 6.45) is 0. The molecule has 0 amide bonds. The van der Waals surface area contributed by atoms with Crippen LogP contribution in [0.3, 0.4) is 0 Å². The number of tetrazole rings is 1. The van der Waals surface area contributed by atoms with Crippen LogP contribution in [0.25, 0.3) is 5.69 Å². The van der Waals surface area contributed by atoms with Crippen LogP contribution in [0.1, 0.15) is 5.56 Å². The third-order valence-electron chi connectivity index (χ3n) is 3.36. The molecule has 1 aliphatic heterocycles. The Kier molecular flexibility index (Phi) is 3.17. The van der Waals surface area contributed by atoms with Gasteiger partial charge in [0.15, 0.2) is 9.84 Å². The quantitative estimate of drug-likeness (QED) is 0.787. The van der Waals surface area contributed by atoms with Crippen molar-refractivity contribution in [1.29, 1.82) is 0 Å². The van der Waals surface area contributed by atoms with Crippen molar-refractivity contribution in [3.8, 4) is 5.69 Å². The third kappa shape index (κ3) is 2.51. The first-order chi connectivity index (χ1) is 9.55. The number of benzene rings is 1. The van der Waals surface area contributed by atoms with Crippen molar-refractivity contribution < 1.29 is 8.42 Å². The van der Waals surface area contributed by atoms with Gasteiger partial charge >= 0.3 is 0 Å². The average Bonchev–Trinajstić information content (AvgIpc) is 2.89. The Bertz CT molecular complexity index is 694. The number of aromatic nitrogens is 4. The maximum atomic E-state index is 11.5. The van der Waals surface area contributed by atoms with Crippen molar-refractivity contribution in [3.63, 3.8) is 0 Å². The summed E-state index contributed by atoms with van der Waals surface area (Å²) in [5.74, 6) is 0.880. The summed E-state index contributed by atoms with van der Waals surface area (Å²) in [5.41, 5.74) is 2.02. The SMILES string of the molecule is Cc1ccc(-n2nnnc2N2CCS(=O)(=O)CC2)cc1. The molecule has 1 fully saturated rings. The molecule has 1 saturated heterocycles. The van der Waals surface area contributed by atoms with Gasteiger partial charge in [-0.15, -0.1) is 0 Å². The molecule has 3 rings (SSSR count). The first-order valence-corrected chi connectivity index (χ1v) is 8.18. The van der Waals surface area contributed by atoms with E-state index in [0.29, 0.717) is 19.0 Å². The summed E-state index contributed by atoms with van der Waals surface area (Å²) in [7, 11) is -2.91. The number of rotatable bonds is 2. The van der Waals surface area contributed by atoms with E-state index in [-0.39, 0.29) is 11.5 Å². The first-order valence-electron chi connectivity index (χ1n) is 6.36. The highest BCUT2D eigenvalue weighted by atomic mass is 32.2. The van der Waals surface area contributed by atoms with Crippen molar-refractivity contribution in [1.82, 2.24) is 20.2 Å². The van der Waals surface area contributed by atoms with Crippen LogP contribution >= 0.6 is 0 Å². The molecule has 0 N–H and O–H groups in total. The monoisotopic (exact) mass is 293 g/mol. The second-order valence-electron chi connectivity index (χ2n) is 4.87. The first kappa shape index (κ1) is 13.0. The number of sulfone groups is 1. The van der Waals surface area contributed by atoms with E-state index in [0.717, 1.165) is 11.3 Å². The smallest absolute Gasteiger partial charge is 0.250 e. The topological polar surface area (TPSA) is 81.0 Å². The van der Waals surface area contributed by atoms with E-state index >= 15 is 0 Å². The molecule has 0 aliphatic carbocycles. The lowest BCUT2D eigenvalue weighted by Crippen LogP contribution is -2.41. The highest BCUT2D eigenvalue weighted by molar-refractivity contribution is 7.91. The predicted molar refractivity (Wildman–Crippen MR) is 74.8 cm³/mol. The Hall–Kier alpha value is -1.96. The zero-order valence-corrected chi connectivity index (χ0v) is 11.9. The van der Waals surface area contributed by atoms with E-state index in [1.165, 1.54) is 0 Å². The van der Waals surface area contributed by atoms with Crippen LogP contribution in [0.5, 0.6) is 0 Å². The molecule has 0 bridgehead atoms. The van der Waals surface area contributed by atoms with Gasteiger partial charge in [-0.05, 0) is 29.5 Å². The minimum Gasteiger partial charge on any atom is -0.337 e. The molecule has 20 heavy (non-hydrogen) atoms. The molecule has 8 heteroatoms. The molecule has 2 heterocycles. The van der Waals surface area contributed by atoms with Crippen molar-refractivity contribution in [2.45, 2.75) is 6.92 Å². The van der Waals surface area contributed by atoms with Crippen LogP contribution in [0.2, 0.25) is 0 Å². The second-order valence-corrected chi connectivity index (χ2v) is 7.17. The van der Waals surface area contributed by atoms with Crippen LogP contribution < -0.4 is 4.90 Å². The summed E-state index contributed by atoms with van der Waals surface area (Å²) in [6.45, 7) is 2.86. The molecule has 1 aromatic carbocycles. The van der Waals surface area contributed by atoms with Gasteiger partial charge in [0.25, 0.3) is 0 Å². The van der Waals surface area contributed by atoms with Crippen LogP contribution in [0.4, 0.5) is 5.95 Å². The van der Waals surface area contributed by atoms with Gasteiger partial charge in [0.05, 0.1) is 17.2 Å².